The van der Waals surface area contributed by atoms with E-state index in [4.69, 9.17) is 4.74 Å². The van der Waals surface area contributed by atoms with E-state index >= 15 is 0 Å². The number of benzene rings is 1. The summed E-state index contributed by atoms with van der Waals surface area (Å²) in [6.07, 6.45) is 4.64. The van der Waals surface area contributed by atoms with Gasteiger partial charge < -0.3 is 4.74 Å². The average molecular weight is 345 g/mol. The molecule has 0 heterocycles. The second-order valence-electron chi connectivity index (χ2n) is 7.25. The summed E-state index contributed by atoms with van der Waals surface area (Å²) in [5.74, 6) is -2.49. The van der Waals surface area contributed by atoms with E-state index in [0.29, 0.717) is 5.56 Å². The number of methoxy groups -OCH3 is 1. The van der Waals surface area contributed by atoms with Gasteiger partial charge in [-0.3, -0.25) is 19.7 Å². The van der Waals surface area contributed by atoms with Crippen LogP contribution in [0.4, 0.5) is 0 Å². The average Bonchev–Trinajstić information content (AvgIpc) is 2.64. The molecular weight excluding hydrogens is 322 g/mol. The Bertz CT molecular complexity index is 710. The van der Waals surface area contributed by atoms with Crippen LogP contribution in [-0.2, 0) is 9.53 Å². The second-order valence-corrected chi connectivity index (χ2v) is 7.25. The summed E-state index contributed by atoms with van der Waals surface area (Å²) in [4.78, 5) is 37.3. The molecule has 0 spiro atoms. The van der Waals surface area contributed by atoms with Crippen molar-refractivity contribution in [2.24, 2.45) is 11.8 Å². The van der Waals surface area contributed by atoms with E-state index in [1.165, 1.54) is 14.0 Å². The number of ketones is 1. The van der Waals surface area contributed by atoms with Gasteiger partial charge in [0, 0.05) is 17.4 Å². The zero-order valence-electron chi connectivity index (χ0n) is 14.6. The topological polar surface area (TPSA) is 86.5 Å². The number of rotatable bonds is 3. The van der Waals surface area contributed by atoms with Crippen molar-refractivity contribution in [3.8, 4) is 0 Å². The van der Waals surface area contributed by atoms with Crippen LogP contribution in [-0.4, -0.2) is 29.3 Å². The van der Waals surface area contributed by atoms with Crippen LogP contribution in [0, 0.1) is 22.0 Å². The molecule has 25 heavy (non-hydrogen) atoms. The van der Waals surface area contributed by atoms with Crippen LogP contribution in [0.3, 0.4) is 0 Å². The maximum atomic E-state index is 13.1. The highest BCUT2D eigenvalue weighted by atomic mass is 16.6. The van der Waals surface area contributed by atoms with E-state index in [2.05, 4.69) is 0 Å². The van der Waals surface area contributed by atoms with Crippen molar-refractivity contribution in [1.29, 1.82) is 0 Å². The minimum absolute atomic E-state index is 0.0365. The first-order valence-electron chi connectivity index (χ1n) is 8.79. The highest BCUT2D eigenvalue weighted by Crippen LogP contribution is 2.50. The van der Waals surface area contributed by atoms with Crippen LogP contribution < -0.4 is 0 Å². The lowest BCUT2D eigenvalue weighted by atomic mass is 9.58. The number of fused-ring (bicyclic) bond motifs is 1. The monoisotopic (exact) mass is 345 g/mol. The Morgan fingerprint density at radius 1 is 1.24 bits per heavy atom. The summed E-state index contributed by atoms with van der Waals surface area (Å²) in [6, 6.07) is 6.73. The van der Waals surface area contributed by atoms with Crippen LogP contribution in [0.1, 0.15) is 60.9 Å². The summed E-state index contributed by atoms with van der Waals surface area (Å²) in [7, 11) is 1.29. The number of carbonyl (C=O) groups is 2. The third-order valence-electron chi connectivity index (χ3n) is 6.00. The summed E-state index contributed by atoms with van der Waals surface area (Å²) in [6.45, 7) is 1.39. The zero-order valence-corrected chi connectivity index (χ0v) is 14.6. The Morgan fingerprint density at radius 3 is 2.48 bits per heavy atom. The fourth-order valence-corrected chi connectivity index (χ4v) is 4.75. The maximum Gasteiger partial charge on any atom is 0.313 e. The van der Waals surface area contributed by atoms with E-state index in [9.17, 15) is 19.7 Å². The standard InChI is InChI=1S/C19H23NO5/c1-19(20(23)24)16(12-8-4-3-5-9-12)15(18(22)25-2)13-10-6-7-11-14(13)17(19)21/h6-7,10-12,15-16H,3-5,8-9H2,1-2H3/t15-,16+,19-/m0/s1. The molecule has 6 heteroatoms. The molecular formula is C19H23NO5. The summed E-state index contributed by atoms with van der Waals surface area (Å²) in [5.41, 5.74) is -0.978. The Balaban J connectivity index is 2.23. The number of nitro groups is 1. The molecule has 0 unspecified atom stereocenters. The molecule has 2 aliphatic rings. The van der Waals surface area contributed by atoms with E-state index in [-0.39, 0.29) is 11.5 Å². The Labute approximate surface area is 146 Å². The molecule has 6 nitrogen and oxygen atoms in total. The molecule has 0 saturated heterocycles. The molecule has 0 aliphatic heterocycles. The zero-order chi connectivity index (χ0) is 18.2. The van der Waals surface area contributed by atoms with Gasteiger partial charge in [-0.2, -0.15) is 0 Å². The Hall–Kier alpha value is -2.24. The molecule has 0 amide bonds. The van der Waals surface area contributed by atoms with Crippen molar-refractivity contribution in [1.82, 2.24) is 0 Å². The van der Waals surface area contributed by atoms with E-state index < -0.39 is 34.1 Å². The smallest absolute Gasteiger partial charge is 0.313 e. The van der Waals surface area contributed by atoms with Gasteiger partial charge in [0.1, 0.15) is 0 Å². The predicted molar refractivity (Wildman–Crippen MR) is 91.0 cm³/mol. The van der Waals surface area contributed by atoms with E-state index in [1.807, 2.05) is 0 Å². The van der Waals surface area contributed by atoms with Crippen molar-refractivity contribution in [3.63, 3.8) is 0 Å². The van der Waals surface area contributed by atoms with Gasteiger partial charge in [0.15, 0.2) is 0 Å². The fourth-order valence-electron chi connectivity index (χ4n) is 4.75. The van der Waals surface area contributed by atoms with Crippen molar-refractivity contribution >= 4 is 11.8 Å². The maximum absolute atomic E-state index is 13.1. The van der Waals surface area contributed by atoms with Crippen LogP contribution in [0.5, 0.6) is 0 Å². The summed E-state index contributed by atoms with van der Waals surface area (Å²) >= 11 is 0. The second kappa shape index (κ2) is 6.58. The number of carbonyl (C=O) groups excluding carboxylic acids is 2. The summed E-state index contributed by atoms with van der Waals surface area (Å²) < 4.78 is 5.00. The molecule has 1 fully saturated rings. The normalized spacial score (nSPS) is 29.8. The number of hydrogen-bond acceptors (Lipinski definition) is 5. The third kappa shape index (κ3) is 2.64. The van der Waals surface area contributed by atoms with Crippen LogP contribution in [0.15, 0.2) is 24.3 Å². The SMILES string of the molecule is COC(=O)[C@H]1c2ccccc2C(=O)[C@@](C)([N+](=O)[O-])[C@@H]1C1CCCCC1. The minimum Gasteiger partial charge on any atom is -0.469 e. The lowest BCUT2D eigenvalue weighted by Gasteiger charge is -2.43. The molecule has 2 aliphatic carbocycles. The highest BCUT2D eigenvalue weighted by molar-refractivity contribution is 6.07. The summed E-state index contributed by atoms with van der Waals surface area (Å²) in [5, 5.41) is 12.0. The molecule has 1 aromatic rings. The van der Waals surface area contributed by atoms with Crippen LogP contribution >= 0.6 is 0 Å². The Morgan fingerprint density at radius 2 is 1.88 bits per heavy atom. The van der Waals surface area contributed by atoms with Gasteiger partial charge in [-0.1, -0.05) is 43.5 Å². The van der Waals surface area contributed by atoms with Gasteiger partial charge in [-0.05, 0) is 24.3 Å². The molecule has 0 radical (unpaired) electrons. The van der Waals surface area contributed by atoms with Crippen molar-refractivity contribution in [2.45, 2.75) is 50.5 Å². The lowest BCUT2D eigenvalue weighted by molar-refractivity contribution is -0.559. The number of nitrogens with zero attached hydrogens (tertiary/aromatic N) is 1. The quantitative estimate of drug-likeness (QED) is 0.476. The molecule has 134 valence electrons. The first-order chi connectivity index (χ1) is 11.9. The fraction of sp³-hybridized carbons (Fsp3) is 0.579. The Kier molecular flexibility index (Phi) is 4.62. The molecule has 1 saturated carbocycles. The first-order valence-corrected chi connectivity index (χ1v) is 8.79. The van der Waals surface area contributed by atoms with Crippen LogP contribution in [0.25, 0.3) is 0 Å². The van der Waals surface area contributed by atoms with Crippen molar-refractivity contribution < 1.29 is 19.2 Å². The number of ether oxygens (including phenoxy) is 1. The molecule has 0 aromatic heterocycles. The lowest BCUT2D eigenvalue weighted by Crippen LogP contribution is -2.59. The van der Waals surface area contributed by atoms with Gasteiger partial charge >= 0.3 is 5.97 Å². The third-order valence-corrected chi connectivity index (χ3v) is 6.00. The van der Waals surface area contributed by atoms with Gasteiger partial charge in [-0.25, -0.2) is 0 Å². The van der Waals surface area contributed by atoms with Gasteiger partial charge in [0.2, 0.25) is 5.78 Å². The van der Waals surface area contributed by atoms with Gasteiger partial charge in [0.25, 0.3) is 5.54 Å². The molecule has 0 bridgehead atoms. The van der Waals surface area contributed by atoms with Crippen LogP contribution in [0.2, 0.25) is 0 Å². The molecule has 1 aromatic carbocycles. The van der Waals surface area contributed by atoms with Gasteiger partial charge in [0.05, 0.1) is 18.9 Å². The molecule has 0 N–H and O–H groups in total. The largest absolute Gasteiger partial charge is 0.469 e. The van der Waals surface area contributed by atoms with Crippen molar-refractivity contribution in [3.05, 3.63) is 45.5 Å². The minimum atomic E-state index is -1.81. The number of esters is 1. The van der Waals surface area contributed by atoms with E-state index in [1.54, 1.807) is 24.3 Å². The van der Waals surface area contributed by atoms with E-state index in [0.717, 1.165) is 32.1 Å². The first kappa shape index (κ1) is 17.6. The van der Waals surface area contributed by atoms with Crippen molar-refractivity contribution in [2.75, 3.05) is 7.11 Å². The molecule has 3 atom stereocenters. The number of Topliss-reactive ketones (excluding diaryl/α,β-unsaturated/α-hetero) is 1. The highest BCUT2D eigenvalue weighted by Gasteiger charge is 2.63. The predicted octanol–water partition coefficient (Wildman–Crippen LogP) is 3.37. The van der Waals surface area contributed by atoms with Gasteiger partial charge in [-0.15, -0.1) is 0 Å². The number of hydrogen-bond donors (Lipinski definition) is 0. The molecule has 3 rings (SSSR count).